The highest BCUT2D eigenvalue weighted by atomic mass is 16.3. The van der Waals surface area contributed by atoms with Gasteiger partial charge in [0.15, 0.2) is 0 Å². The Balaban J connectivity index is 2.00. The molecule has 0 saturated heterocycles. The van der Waals surface area contributed by atoms with Crippen LogP contribution in [0, 0.1) is 0 Å². The summed E-state index contributed by atoms with van der Waals surface area (Å²) in [5.41, 5.74) is 3.42. The second-order valence-corrected chi connectivity index (χ2v) is 5.62. The van der Waals surface area contributed by atoms with Crippen molar-refractivity contribution in [3.63, 3.8) is 0 Å². The number of rotatable bonds is 5. The molecule has 4 heteroatoms. The number of aliphatic hydroxyl groups is 1. The monoisotopic (exact) mass is 297 g/mol. The summed E-state index contributed by atoms with van der Waals surface area (Å²) in [4.78, 5) is 2.31. The zero-order chi connectivity index (χ0) is 15.4. The molecule has 3 N–H and O–H groups in total. The summed E-state index contributed by atoms with van der Waals surface area (Å²) < 4.78 is 0. The van der Waals surface area contributed by atoms with Gasteiger partial charge in [-0.15, -0.1) is 0 Å². The minimum atomic E-state index is -0.474. The van der Waals surface area contributed by atoms with E-state index >= 15 is 0 Å². The molecule has 116 valence electrons. The van der Waals surface area contributed by atoms with Crippen LogP contribution in [-0.4, -0.2) is 37.9 Å². The van der Waals surface area contributed by atoms with Crippen LogP contribution in [0.25, 0.3) is 0 Å². The van der Waals surface area contributed by atoms with E-state index in [4.69, 9.17) is 0 Å². The van der Waals surface area contributed by atoms with E-state index in [9.17, 15) is 5.11 Å². The van der Waals surface area contributed by atoms with Crippen molar-refractivity contribution in [3.8, 4) is 0 Å². The predicted octanol–water partition coefficient (Wildman–Crippen LogP) is 2.24. The molecule has 22 heavy (non-hydrogen) atoms. The quantitative estimate of drug-likeness (QED) is 0.792. The largest absolute Gasteiger partial charge is 0.389 e. The van der Waals surface area contributed by atoms with Crippen molar-refractivity contribution in [2.24, 2.45) is 0 Å². The summed E-state index contributed by atoms with van der Waals surface area (Å²) in [7, 11) is 1.87. The van der Waals surface area contributed by atoms with Gasteiger partial charge in [0.1, 0.15) is 0 Å². The van der Waals surface area contributed by atoms with Crippen molar-refractivity contribution in [2.75, 3.05) is 36.9 Å². The van der Waals surface area contributed by atoms with E-state index < -0.39 is 6.10 Å². The highest BCUT2D eigenvalue weighted by Gasteiger charge is 2.30. The standard InChI is InChI=1S/C18H23N3O/c1-19-13-17(22)18(14-7-3-2-4-8-14)21-12-11-20-15-9-5-6-10-16(15)21/h2-10,17-20,22H,11-13H2,1H3/t17-,18+/m1/s1. The minimum Gasteiger partial charge on any atom is -0.389 e. The number of aliphatic hydroxyl groups excluding tert-OH is 1. The Hall–Kier alpha value is -2.04. The lowest BCUT2D eigenvalue weighted by atomic mass is 9.97. The zero-order valence-electron chi connectivity index (χ0n) is 12.9. The molecule has 0 saturated carbocycles. The number of nitrogens with one attached hydrogen (secondary N) is 2. The lowest BCUT2D eigenvalue weighted by Crippen LogP contribution is -2.45. The maximum atomic E-state index is 10.7. The molecule has 2 atom stereocenters. The van der Waals surface area contributed by atoms with Crippen LogP contribution in [0.1, 0.15) is 11.6 Å². The number of likely N-dealkylation sites (N-methyl/N-ethyl adjacent to an activating group) is 1. The van der Waals surface area contributed by atoms with Gasteiger partial charge in [-0.1, -0.05) is 42.5 Å². The van der Waals surface area contributed by atoms with Crippen LogP contribution in [-0.2, 0) is 0 Å². The molecule has 2 aromatic rings. The van der Waals surface area contributed by atoms with Gasteiger partial charge in [-0.25, -0.2) is 0 Å². The molecule has 0 amide bonds. The Labute approximate surface area is 131 Å². The number of fused-ring (bicyclic) bond motifs is 1. The van der Waals surface area contributed by atoms with Gasteiger partial charge in [-0.05, 0) is 24.7 Å². The first-order valence-electron chi connectivity index (χ1n) is 7.78. The first-order valence-corrected chi connectivity index (χ1v) is 7.78. The zero-order valence-corrected chi connectivity index (χ0v) is 12.9. The van der Waals surface area contributed by atoms with Crippen molar-refractivity contribution in [1.82, 2.24) is 5.32 Å². The number of nitrogens with zero attached hydrogens (tertiary/aromatic N) is 1. The molecule has 0 aromatic heterocycles. The van der Waals surface area contributed by atoms with Crippen LogP contribution in [0.3, 0.4) is 0 Å². The second-order valence-electron chi connectivity index (χ2n) is 5.62. The Morgan fingerprint density at radius 2 is 1.86 bits per heavy atom. The third-order valence-corrected chi connectivity index (χ3v) is 4.14. The van der Waals surface area contributed by atoms with Crippen molar-refractivity contribution >= 4 is 11.4 Å². The first kappa shape index (κ1) is 14.9. The molecule has 3 rings (SSSR count). The lowest BCUT2D eigenvalue weighted by molar-refractivity contribution is 0.140. The number of hydrogen-bond donors (Lipinski definition) is 3. The molecular weight excluding hydrogens is 274 g/mol. The second kappa shape index (κ2) is 6.81. The van der Waals surface area contributed by atoms with Crippen molar-refractivity contribution < 1.29 is 5.11 Å². The first-order chi connectivity index (χ1) is 10.8. The normalized spacial score (nSPS) is 16.5. The van der Waals surface area contributed by atoms with Gasteiger partial charge in [0, 0.05) is 19.6 Å². The molecule has 2 aromatic carbocycles. The average molecular weight is 297 g/mol. The fourth-order valence-electron chi connectivity index (χ4n) is 3.17. The molecule has 0 fully saturated rings. The number of para-hydroxylation sites is 2. The summed E-state index contributed by atoms with van der Waals surface area (Å²) in [6.07, 6.45) is -0.474. The van der Waals surface area contributed by atoms with Gasteiger partial charge < -0.3 is 20.6 Å². The molecule has 1 heterocycles. The van der Waals surface area contributed by atoms with E-state index in [0.717, 1.165) is 30.0 Å². The van der Waals surface area contributed by atoms with Crippen LogP contribution in [0.2, 0.25) is 0 Å². The molecular formula is C18H23N3O. The van der Waals surface area contributed by atoms with Gasteiger partial charge in [0.2, 0.25) is 0 Å². The van der Waals surface area contributed by atoms with Crippen LogP contribution in [0.4, 0.5) is 11.4 Å². The molecule has 4 nitrogen and oxygen atoms in total. The van der Waals surface area contributed by atoms with E-state index in [-0.39, 0.29) is 6.04 Å². The minimum absolute atomic E-state index is 0.0584. The number of anilines is 2. The van der Waals surface area contributed by atoms with Crippen LogP contribution < -0.4 is 15.5 Å². The average Bonchev–Trinajstić information content (AvgIpc) is 2.57. The smallest absolute Gasteiger partial charge is 0.0909 e. The Morgan fingerprint density at radius 1 is 1.14 bits per heavy atom. The highest BCUT2D eigenvalue weighted by Crippen LogP contribution is 2.36. The van der Waals surface area contributed by atoms with E-state index in [2.05, 4.69) is 39.8 Å². The fraction of sp³-hybridized carbons (Fsp3) is 0.333. The van der Waals surface area contributed by atoms with Gasteiger partial charge in [0.25, 0.3) is 0 Å². The Kier molecular flexibility index (Phi) is 4.61. The molecule has 0 aliphatic carbocycles. The molecule has 0 unspecified atom stereocenters. The van der Waals surface area contributed by atoms with Gasteiger partial charge in [-0.3, -0.25) is 0 Å². The summed E-state index contributed by atoms with van der Waals surface area (Å²) in [5, 5.41) is 17.2. The fourth-order valence-corrected chi connectivity index (χ4v) is 3.17. The summed E-state index contributed by atoms with van der Waals surface area (Å²) >= 11 is 0. The number of hydrogen-bond acceptors (Lipinski definition) is 4. The third kappa shape index (κ3) is 2.93. The van der Waals surface area contributed by atoms with Crippen molar-refractivity contribution in [2.45, 2.75) is 12.1 Å². The maximum absolute atomic E-state index is 10.7. The van der Waals surface area contributed by atoms with Gasteiger partial charge in [-0.2, -0.15) is 0 Å². The van der Waals surface area contributed by atoms with E-state index in [0.29, 0.717) is 6.54 Å². The Bertz CT molecular complexity index is 602. The Morgan fingerprint density at radius 3 is 2.64 bits per heavy atom. The highest BCUT2D eigenvalue weighted by molar-refractivity contribution is 5.72. The topological polar surface area (TPSA) is 47.5 Å². The lowest BCUT2D eigenvalue weighted by Gasteiger charge is -2.40. The van der Waals surface area contributed by atoms with E-state index in [1.807, 2.05) is 37.4 Å². The van der Waals surface area contributed by atoms with Crippen LogP contribution >= 0.6 is 0 Å². The van der Waals surface area contributed by atoms with Gasteiger partial charge >= 0.3 is 0 Å². The summed E-state index contributed by atoms with van der Waals surface area (Å²) in [5.74, 6) is 0. The summed E-state index contributed by atoms with van der Waals surface area (Å²) in [6, 6.07) is 18.5. The molecule has 1 aliphatic heterocycles. The molecule has 1 aliphatic rings. The van der Waals surface area contributed by atoms with Gasteiger partial charge in [0.05, 0.1) is 23.5 Å². The summed E-state index contributed by atoms with van der Waals surface area (Å²) in [6.45, 7) is 2.32. The van der Waals surface area contributed by atoms with Crippen LogP contribution in [0.15, 0.2) is 54.6 Å². The van der Waals surface area contributed by atoms with E-state index in [1.54, 1.807) is 0 Å². The maximum Gasteiger partial charge on any atom is 0.0909 e. The van der Waals surface area contributed by atoms with E-state index in [1.165, 1.54) is 0 Å². The predicted molar refractivity (Wildman–Crippen MR) is 91.4 cm³/mol. The molecule has 0 bridgehead atoms. The molecule has 0 radical (unpaired) electrons. The van der Waals surface area contributed by atoms with Crippen molar-refractivity contribution in [1.29, 1.82) is 0 Å². The van der Waals surface area contributed by atoms with Crippen molar-refractivity contribution in [3.05, 3.63) is 60.2 Å². The number of benzene rings is 2. The molecule has 0 spiro atoms. The SMILES string of the molecule is CNC[C@@H](O)[C@H](c1ccccc1)N1CCNc2ccccc21. The third-order valence-electron chi connectivity index (χ3n) is 4.14. The van der Waals surface area contributed by atoms with Crippen LogP contribution in [0.5, 0.6) is 0 Å².